The van der Waals surface area contributed by atoms with Crippen LogP contribution in [-0.2, 0) is 11.8 Å². The fourth-order valence-electron chi connectivity index (χ4n) is 3.03. The highest BCUT2D eigenvalue weighted by Gasteiger charge is 2.49. The zero-order valence-corrected chi connectivity index (χ0v) is 20.5. The number of rotatable bonds is 7. The van der Waals surface area contributed by atoms with Crippen molar-refractivity contribution in [2.45, 2.75) is 52.6 Å². The van der Waals surface area contributed by atoms with Crippen LogP contribution in [0.15, 0.2) is 34.9 Å². The molecule has 0 aliphatic heterocycles. The molecule has 1 aromatic carbocycles. The predicted octanol–water partition coefficient (Wildman–Crippen LogP) is 6.26. The topological polar surface area (TPSA) is 54.3 Å². The van der Waals surface area contributed by atoms with E-state index in [1.807, 2.05) is 30.6 Å². The van der Waals surface area contributed by atoms with Crippen molar-refractivity contribution < 1.29 is 13.2 Å². The van der Waals surface area contributed by atoms with Gasteiger partial charge >= 0.3 is 6.18 Å². The summed E-state index contributed by atoms with van der Waals surface area (Å²) in [5.74, 6) is 0. The fourth-order valence-corrected chi connectivity index (χ4v) is 3.84. The number of aryl methyl sites for hydroxylation is 2. The number of alkyl halides is 3. The van der Waals surface area contributed by atoms with E-state index in [-0.39, 0.29) is 5.69 Å². The van der Waals surface area contributed by atoms with Crippen molar-refractivity contribution in [2.24, 2.45) is 4.99 Å². The maximum absolute atomic E-state index is 13.2. The van der Waals surface area contributed by atoms with Gasteiger partial charge in [-0.25, -0.2) is 9.98 Å². The molecule has 0 fully saturated rings. The number of hydrogen-bond donors (Lipinski definition) is 0. The summed E-state index contributed by atoms with van der Waals surface area (Å²) in [6.45, 7) is 9.24. The van der Waals surface area contributed by atoms with Crippen molar-refractivity contribution in [1.29, 1.82) is 0 Å². The number of thiazole rings is 1. The second kappa shape index (κ2) is 9.59. The summed E-state index contributed by atoms with van der Waals surface area (Å²) in [6, 6.07) is 4.20. The van der Waals surface area contributed by atoms with E-state index >= 15 is 0 Å². The number of aliphatic imine (C=N–C) groups is 1. The Morgan fingerprint density at radius 3 is 2.39 bits per heavy atom. The first-order chi connectivity index (χ1) is 15.4. The molecule has 5 nitrogen and oxygen atoms in total. The predicted molar refractivity (Wildman–Crippen MR) is 127 cm³/mol. The third-order valence-corrected chi connectivity index (χ3v) is 6.55. The average Bonchev–Trinajstić information content (AvgIpc) is 3.22. The van der Waals surface area contributed by atoms with Crippen molar-refractivity contribution in [2.75, 3.05) is 13.6 Å². The lowest BCUT2D eigenvalue weighted by Gasteiger charge is -2.26. The normalized spacial score (nSPS) is 12.5. The fraction of sp³-hybridized carbons (Fsp3) is 0.417. The number of benzene rings is 1. The van der Waals surface area contributed by atoms with Gasteiger partial charge in [0, 0.05) is 25.4 Å². The standard InChI is InChI=1S/C24H28F3N5S/c1-7-32(6)14-30-18-9-15(2)17(8-16(18)3)10-22-31-20(13-33-22)19-11-29-21(12-28-19)23(4,5)24(25,26)27/h8-9,11-14H,7,10H2,1-6H3. The van der Waals surface area contributed by atoms with Gasteiger partial charge in [0.2, 0.25) is 0 Å². The summed E-state index contributed by atoms with van der Waals surface area (Å²) < 4.78 is 39.7. The molecular weight excluding hydrogens is 447 g/mol. The van der Waals surface area contributed by atoms with E-state index < -0.39 is 11.6 Å². The maximum Gasteiger partial charge on any atom is 0.399 e. The molecule has 2 heterocycles. The van der Waals surface area contributed by atoms with E-state index in [1.54, 1.807) is 0 Å². The molecule has 0 aliphatic carbocycles. The molecule has 33 heavy (non-hydrogen) atoms. The van der Waals surface area contributed by atoms with Crippen LogP contribution >= 0.6 is 11.3 Å². The van der Waals surface area contributed by atoms with Gasteiger partial charge in [0.05, 0.1) is 35.1 Å². The van der Waals surface area contributed by atoms with E-state index in [0.29, 0.717) is 17.8 Å². The van der Waals surface area contributed by atoms with E-state index in [1.165, 1.54) is 23.7 Å². The Hall–Kier alpha value is -2.81. The monoisotopic (exact) mass is 475 g/mol. The minimum atomic E-state index is -4.40. The second-order valence-electron chi connectivity index (χ2n) is 8.60. The molecule has 0 saturated heterocycles. The highest BCUT2D eigenvalue weighted by Crippen LogP contribution is 2.39. The van der Waals surface area contributed by atoms with Gasteiger partial charge in [-0.3, -0.25) is 9.97 Å². The second-order valence-corrected chi connectivity index (χ2v) is 9.54. The maximum atomic E-state index is 13.2. The van der Waals surface area contributed by atoms with Gasteiger partial charge in [-0.15, -0.1) is 11.3 Å². The first kappa shape index (κ1) is 24.8. The van der Waals surface area contributed by atoms with E-state index in [9.17, 15) is 13.2 Å². The zero-order valence-electron chi connectivity index (χ0n) is 19.7. The van der Waals surface area contributed by atoms with Gasteiger partial charge in [-0.05, 0) is 57.4 Å². The van der Waals surface area contributed by atoms with Crippen LogP contribution in [0.4, 0.5) is 18.9 Å². The molecule has 0 amide bonds. The SMILES string of the molecule is CCN(C)C=Nc1cc(C)c(Cc2nc(-c3cnc(C(C)(C)C(F)(F)F)cn3)cs2)cc1C. The molecule has 176 valence electrons. The van der Waals surface area contributed by atoms with Crippen LogP contribution in [0, 0.1) is 13.8 Å². The smallest absolute Gasteiger partial charge is 0.366 e. The van der Waals surface area contributed by atoms with Crippen molar-refractivity contribution in [3.8, 4) is 11.4 Å². The summed E-state index contributed by atoms with van der Waals surface area (Å²) in [5.41, 5.74) is 3.19. The van der Waals surface area contributed by atoms with Gasteiger partial charge < -0.3 is 4.90 Å². The number of halogens is 3. The Morgan fingerprint density at radius 1 is 1.06 bits per heavy atom. The van der Waals surface area contributed by atoms with Crippen LogP contribution in [0.3, 0.4) is 0 Å². The van der Waals surface area contributed by atoms with Crippen molar-refractivity contribution >= 4 is 23.4 Å². The Balaban J connectivity index is 1.78. The molecule has 3 rings (SSSR count). The lowest BCUT2D eigenvalue weighted by molar-refractivity contribution is -0.181. The van der Waals surface area contributed by atoms with Gasteiger partial charge in [0.15, 0.2) is 0 Å². The van der Waals surface area contributed by atoms with Crippen LogP contribution in [0.1, 0.15) is 48.2 Å². The number of hydrogen-bond acceptors (Lipinski definition) is 5. The first-order valence-electron chi connectivity index (χ1n) is 10.6. The summed E-state index contributed by atoms with van der Waals surface area (Å²) in [7, 11) is 1.98. The average molecular weight is 476 g/mol. The van der Waals surface area contributed by atoms with Crippen LogP contribution in [-0.4, -0.2) is 46.0 Å². The molecule has 0 bridgehead atoms. The van der Waals surface area contributed by atoms with E-state index in [0.717, 1.165) is 47.8 Å². The zero-order chi connectivity index (χ0) is 24.4. The number of aromatic nitrogens is 3. The van der Waals surface area contributed by atoms with Crippen LogP contribution < -0.4 is 0 Å². The molecule has 0 N–H and O–H groups in total. The molecule has 9 heteroatoms. The summed E-state index contributed by atoms with van der Waals surface area (Å²) in [5, 5.41) is 2.76. The lowest BCUT2D eigenvalue weighted by atomic mass is 9.89. The third-order valence-electron chi connectivity index (χ3n) is 5.70. The molecule has 0 atom stereocenters. The Labute approximate surface area is 196 Å². The van der Waals surface area contributed by atoms with Gasteiger partial charge in [0.25, 0.3) is 0 Å². The third kappa shape index (κ3) is 5.58. The molecule has 0 unspecified atom stereocenters. The van der Waals surface area contributed by atoms with Crippen LogP contribution in [0.5, 0.6) is 0 Å². The highest BCUT2D eigenvalue weighted by atomic mass is 32.1. The van der Waals surface area contributed by atoms with Crippen LogP contribution in [0.2, 0.25) is 0 Å². The molecule has 0 radical (unpaired) electrons. The molecular formula is C24H28F3N5S. The Bertz CT molecular complexity index is 1130. The largest absolute Gasteiger partial charge is 0.399 e. The minimum absolute atomic E-state index is 0.117. The Morgan fingerprint density at radius 2 is 1.79 bits per heavy atom. The van der Waals surface area contributed by atoms with Crippen molar-refractivity contribution in [3.05, 3.63) is 57.3 Å². The van der Waals surface area contributed by atoms with Crippen molar-refractivity contribution in [3.63, 3.8) is 0 Å². The number of nitrogens with zero attached hydrogens (tertiary/aromatic N) is 5. The molecule has 0 spiro atoms. The van der Waals surface area contributed by atoms with Gasteiger partial charge in [-0.2, -0.15) is 13.2 Å². The lowest BCUT2D eigenvalue weighted by Crippen LogP contribution is -2.37. The van der Waals surface area contributed by atoms with Gasteiger partial charge in [-0.1, -0.05) is 6.07 Å². The molecule has 0 saturated carbocycles. The minimum Gasteiger partial charge on any atom is -0.366 e. The van der Waals surface area contributed by atoms with E-state index in [2.05, 4.69) is 45.9 Å². The Kier molecular flexibility index (Phi) is 7.21. The molecule has 2 aromatic heterocycles. The summed E-state index contributed by atoms with van der Waals surface area (Å²) in [4.78, 5) is 19.4. The summed E-state index contributed by atoms with van der Waals surface area (Å²) in [6.07, 6.45) is 0.626. The molecule has 3 aromatic rings. The quantitative estimate of drug-likeness (QED) is 0.299. The van der Waals surface area contributed by atoms with Gasteiger partial charge in [0.1, 0.15) is 16.8 Å². The highest BCUT2D eigenvalue weighted by molar-refractivity contribution is 7.10. The van der Waals surface area contributed by atoms with Crippen LogP contribution in [0.25, 0.3) is 11.4 Å². The van der Waals surface area contributed by atoms with E-state index in [4.69, 9.17) is 0 Å². The summed E-state index contributed by atoms with van der Waals surface area (Å²) >= 11 is 1.49. The van der Waals surface area contributed by atoms with Crippen molar-refractivity contribution in [1.82, 2.24) is 19.9 Å². The first-order valence-corrected chi connectivity index (χ1v) is 11.5. The molecule has 0 aliphatic rings.